The molecule has 2 bridgehead atoms. The van der Waals surface area contributed by atoms with Crippen molar-refractivity contribution in [2.24, 2.45) is 11.8 Å². The average Bonchev–Trinajstić information content (AvgIpc) is 3.59. The number of halogens is 1. The fraction of sp³-hybridized carbons (Fsp3) is 0.441. The highest BCUT2D eigenvalue weighted by Gasteiger charge is 2.76. The number of aliphatic hydroxyl groups excluding tert-OH is 1. The number of amides is 3. The molecule has 5 rings (SSSR count). The third-order valence-corrected chi connectivity index (χ3v) is 9.82. The van der Waals surface area contributed by atoms with E-state index in [1.807, 2.05) is 62.4 Å². The molecule has 1 N–H and O–H groups in total. The Hall–Kier alpha value is -3.27. The molecule has 8 nitrogen and oxygen atoms in total. The fourth-order valence-corrected chi connectivity index (χ4v) is 8.11. The van der Waals surface area contributed by atoms with Gasteiger partial charge >= 0.3 is 0 Å². The second-order valence-corrected chi connectivity index (χ2v) is 13.0. The minimum atomic E-state index is -1.19. The van der Waals surface area contributed by atoms with E-state index in [0.29, 0.717) is 25.9 Å². The molecule has 3 saturated heterocycles. The maximum atomic E-state index is 14.7. The van der Waals surface area contributed by atoms with E-state index in [1.165, 1.54) is 0 Å². The summed E-state index contributed by atoms with van der Waals surface area (Å²) in [6, 6.07) is 14.7. The van der Waals surface area contributed by atoms with Crippen molar-refractivity contribution >= 4 is 39.3 Å². The number of ether oxygens (including phenoxy) is 1. The van der Waals surface area contributed by atoms with E-state index in [9.17, 15) is 19.5 Å². The number of rotatable bonds is 12. The van der Waals surface area contributed by atoms with Crippen LogP contribution in [0.4, 0.5) is 5.69 Å². The van der Waals surface area contributed by atoms with Gasteiger partial charge in [0.25, 0.3) is 5.91 Å². The Kier molecular flexibility index (Phi) is 9.25. The number of likely N-dealkylation sites (tertiary alicyclic amines) is 1. The molecule has 1 spiro atoms. The largest absolute Gasteiger partial charge is 0.396 e. The lowest BCUT2D eigenvalue weighted by atomic mass is 9.70. The maximum Gasteiger partial charge on any atom is 0.253 e. The maximum absolute atomic E-state index is 14.7. The Labute approximate surface area is 262 Å². The zero-order chi connectivity index (χ0) is 30.9. The molecule has 0 aliphatic carbocycles. The number of hydrogen-bond acceptors (Lipinski definition) is 5. The lowest BCUT2D eigenvalue weighted by molar-refractivity contribution is -0.145. The summed E-state index contributed by atoms with van der Waals surface area (Å²) < 4.78 is 6.72. The zero-order valence-corrected chi connectivity index (χ0v) is 26.4. The lowest BCUT2D eigenvalue weighted by Crippen LogP contribution is -2.57. The SMILES string of the molecule is C=CCN(Cc1ccccc1)C(=O)[C@H]1[C@H]2C(=O)N(CCCO)C(C(=O)N(CC=C)c3cc(C)ccc3C)C23CC(Br)[C@@H]1O3. The van der Waals surface area contributed by atoms with Gasteiger partial charge in [-0.15, -0.1) is 13.2 Å². The standard InChI is InChI=1S/C34H40BrN3O5/c1-5-15-36(21-24-11-8-7-9-12-24)31(40)27-28-32(41)38(17-10-18-39)30(34(28)20-25(35)29(27)43-34)33(42)37(16-6-2)26-19-22(3)13-14-23(26)4/h5-9,11-14,19,25,27-30,39H,1-2,10,15-18,20-21H2,3-4H3/t25?,27-,28-,29-,30?,34?/m0/s1. The van der Waals surface area contributed by atoms with Gasteiger partial charge in [0.2, 0.25) is 11.8 Å². The molecule has 6 atom stereocenters. The van der Waals surface area contributed by atoms with Crippen LogP contribution in [0.15, 0.2) is 73.8 Å². The van der Waals surface area contributed by atoms with Crippen LogP contribution in [0.1, 0.15) is 29.5 Å². The van der Waals surface area contributed by atoms with Crippen molar-refractivity contribution < 1.29 is 24.2 Å². The van der Waals surface area contributed by atoms with E-state index in [4.69, 9.17) is 4.74 Å². The molecular weight excluding hydrogens is 610 g/mol. The van der Waals surface area contributed by atoms with Crippen molar-refractivity contribution in [1.29, 1.82) is 0 Å². The summed E-state index contributed by atoms with van der Waals surface area (Å²) >= 11 is 3.77. The van der Waals surface area contributed by atoms with Crippen LogP contribution in [0.25, 0.3) is 0 Å². The number of anilines is 1. The van der Waals surface area contributed by atoms with Crippen LogP contribution in [-0.2, 0) is 25.7 Å². The Balaban J connectivity index is 1.56. The van der Waals surface area contributed by atoms with Crippen molar-refractivity contribution in [3.05, 3.63) is 90.5 Å². The molecule has 3 fully saturated rings. The summed E-state index contributed by atoms with van der Waals surface area (Å²) in [6.07, 6.45) is 3.52. The molecule has 0 saturated carbocycles. The molecule has 3 unspecified atom stereocenters. The van der Waals surface area contributed by atoms with E-state index in [1.54, 1.807) is 26.9 Å². The predicted octanol–water partition coefficient (Wildman–Crippen LogP) is 4.17. The van der Waals surface area contributed by atoms with Gasteiger partial charge in [-0.25, -0.2) is 0 Å². The minimum absolute atomic E-state index is 0.132. The topological polar surface area (TPSA) is 90.4 Å². The Morgan fingerprint density at radius 1 is 1.12 bits per heavy atom. The van der Waals surface area contributed by atoms with Gasteiger partial charge in [0.1, 0.15) is 11.6 Å². The lowest BCUT2D eigenvalue weighted by Gasteiger charge is -2.37. The second-order valence-electron chi connectivity index (χ2n) is 11.8. The van der Waals surface area contributed by atoms with Crippen LogP contribution in [0.3, 0.4) is 0 Å². The third kappa shape index (κ3) is 5.47. The number of carbonyl (C=O) groups is 3. The van der Waals surface area contributed by atoms with Gasteiger partial charge in [-0.3, -0.25) is 14.4 Å². The first kappa shape index (κ1) is 31.2. The number of carbonyl (C=O) groups excluding carboxylic acids is 3. The predicted molar refractivity (Wildman–Crippen MR) is 170 cm³/mol. The molecule has 3 aliphatic rings. The van der Waals surface area contributed by atoms with Gasteiger partial charge < -0.3 is 24.5 Å². The quantitative estimate of drug-likeness (QED) is 0.275. The highest BCUT2D eigenvalue weighted by molar-refractivity contribution is 9.09. The van der Waals surface area contributed by atoms with Gasteiger partial charge in [0.05, 0.1) is 17.9 Å². The van der Waals surface area contributed by atoms with E-state index in [2.05, 4.69) is 29.1 Å². The first-order valence-corrected chi connectivity index (χ1v) is 15.8. The molecule has 3 amide bonds. The van der Waals surface area contributed by atoms with Crippen LogP contribution >= 0.6 is 15.9 Å². The number of alkyl halides is 1. The minimum Gasteiger partial charge on any atom is -0.396 e. The number of aryl methyl sites for hydroxylation is 2. The van der Waals surface area contributed by atoms with Crippen LogP contribution in [0, 0.1) is 25.7 Å². The van der Waals surface area contributed by atoms with Gasteiger partial charge in [-0.1, -0.05) is 70.5 Å². The normalized spacial score (nSPS) is 27.2. The van der Waals surface area contributed by atoms with Gasteiger partial charge in [-0.05, 0) is 49.4 Å². The van der Waals surface area contributed by atoms with Crippen LogP contribution < -0.4 is 4.90 Å². The summed E-state index contributed by atoms with van der Waals surface area (Å²) in [7, 11) is 0. The highest BCUT2D eigenvalue weighted by atomic mass is 79.9. The molecule has 2 aromatic rings. The number of aliphatic hydroxyl groups is 1. The van der Waals surface area contributed by atoms with E-state index < -0.39 is 29.6 Å². The molecule has 228 valence electrons. The van der Waals surface area contributed by atoms with Crippen molar-refractivity contribution in [1.82, 2.24) is 9.80 Å². The zero-order valence-electron chi connectivity index (χ0n) is 24.8. The average molecular weight is 651 g/mol. The molecule has 0 radical (unpaired) electrons. The van der Waals surface area contributed by atoms with Crippen molar-refractivity contribution in [2.75, 3.05) is 31.1 Å². The molecule has 3 heterocycles. The smallest absolute Gasteiger partial charge is 0.253 e. The monoisotopic (exact) mass is 649 g/mol. The first-order chi connectivity index (χ1) is 20.7. The van der Waals surface area contributed by atoms with E-state index in [0.717, 1.165) is 22.4 Å². The van der Waals surface area contributed by atoms with Gasteiger partial charge in [0, 0.05) is 43.3 Å². The Morgan fingerprint density at radius 2 is 1.84 bits per heavy atom. The van der Waals surface area contributed by atoms with E-state index in [-0.39, 0.29) is 42.2 Å². The van der Waals surface area contributed by atoms with Crippen LogP contribution in [0.2, 0.25) is 0 Å². The fourth-order valence-electron chi connectivity index (χ4n) is 7.17. The third-order valence-electron chi connectivity index (χ3n) is 8.98. The molecule has 9 heteroatoms. The molecular formula is C34H40BrN3O5. The van der Waals surface area contributed by atoms with Crippen molar-refractivity contribution in [3.63, 3.8) is 0 Å². The number of fused-ring (bicyclic) bond motifs is 1. The number of benzene rings is 2. The summed E-state index contributed by atoms with van der Waals surface area (Å²) in [4.78, 5) is 48.2. The molecule has 3 aliphatic heterocycles. The summed E-state index contributed by atoms with van der Waals surface area (Å²) in [5, 5.41) is 9.71. The van der Waals surface area contributed by atoms with Gasteiger partial charge in [-0.2, -0.15) is 0 Å². The molecule has 0 aromatic heterocycles. The Morgan fingerprint density at radius 3 is 2.51 bits per heavy atom. The molecule has 43 heavy (non-hydrogen) atoms. The van der Waals surface area contributed by atoms with Gasteiger partial charge in [0.15, 0.2) is 0 Å². The highest BCUT2D eigenvalue weighted by Crippen LogP contribution is 2.60. The van der Waals surface area contributed by atoms with Crippen LogP contribution in [0.5, 0.6) is 0 Å². The number of hydrogen-bond donors (Lipinski definition) is 1. The second kappa shape index (κ2) is 12.8. The van der Waals surface area contributed by atoms with E-state index >= 15 is 0 Å². The summed E-state index contributed by atoms with van der Waals surface area (Å²) in [5.74, 6) is -2.32. The van der Waals surface area contributed by atoms with Crippen molar-refractivity contribution in [3.8, 4) is 0 Å². The molecule has 2 aromatic carbocycles. The first-order valence-electron chi connectivity index (χ1n) is 14.8. The summed E-state index contributed by atoms with van der Waals surface area (Å²) in [5.41, 5.74) is 2.45. The van der Waals surface area contributed by atoms with Crippen molar-refractivity contribution in [2.45, 2.75) is 55.8 Å². The van der Waals surface area contributed by atoms with Crippen LogP contribution in [-0.4, -0.2) is 81.4 Å². The Bertz CT molecular complexity index is 1400. The number of nitrogens with zero attached hydrogens (tertiary/aromatic N) is 3. The summed E-state index contributed by atoms with van der Waals surface area (Å²) in [6.45, 7) is 12.7.